The highest BCUT2D eigenvalue weighted by Crippen LogP contribution is 2.20. The molecule has 0 saturated carbocycles. The number of rotatable bonds is 5. The molecule has 0 aliphatic carbocycles. The molecule has 0 aromatic carbocycles. The highest BCUT2D eigenvalue weighted by atomic mass is 32.2. The monoisotopic (exact) mass is 234 g/mol. The van der Waals surface area contributed by atoms with Crippen molar-refractivity contribution in [3.05, 3.63) is 0 Å². The normalized spacial score (nSPS) is 13.6. The third kappa shape index (κ3) is 4.77. The molecule has 0 aromatic rings. The summed E-state index contributed by atoms with van der Waals surface area (Å²) in [5.74, 6) is 0. The highest BCUT2D eigenvalue weighted by Gasteiger charge is 2.45. The van der Waals surface area contributed by atoms with Gasteiger partial charge in [0.05, 0.1) is 0 Å². The molecule has 0 aromatic heterocycles. The molecule has 0 amide bonds. The van der Waals surface area contributed by atoms with Gasteiger partial charge in [0.1, 0.15) is 0 Å². The van der Waals surface area contributed by atoms with E-state index in [0.717, 1.165) is 0 Å². The molecular weight excluding hydrogens is 221 g/mol. The summed E-state index contributed by atoms with van der Waals surface area (Å²) in [5.41, 5.74) is -5.23. The van der Waals surface area contributed by atoms with E-state index < -0.39 is 15.5 Å². The third-order valence-corrected chi connectivity index (χ3v) is 2.47. The number of hydrogen-bond acceptors (Lipinski definition) is 3. The lowest BCUT2D eigenvalue weighted by Gasteiger charge is -2.11. The first kappa shape index (κ1) is 13.7. The summed E-state index contributed by atoms with van der Waals surface area (Å²) in [4.78, 5) is 0. The molecule has 0 unspecified atom stereocenters. The molecule has 0 spiro atoms. The molecule has 86 valence electrons. The maximum Gasteiger partial charge on any atom is 0.511 e. The summed E-state index contributed by atoms with van der Waals surface area (Å²) < 4.78 is 57.5. The van der Waals surface area contributed by atoms with Gasteiger partial charge in [-0.25, -0.2) is 13.1 Å². The number of alkyl halides is 3. The fraction of sp³-hybridized carbons (Fsp3) is 1.00. The Morgan fingerprint density at radius 2 is 1.71 bits per heavy atom. The Kier molecular flexibility index (Phi) is 4.82. The van der Waals surface area contributed by atoms with Crippen LogP contribution in [0.5, 0.6) is 0 Å². The van der Waals surface area contributed by atoms with E-state index >= 15 is 0 Å². The third-order valence-electron chi connectivity index (χ3n) is 1.27. The lowest BCUT2D eigenvalue weighted by molar-refractivity contribution is -0.0447. The Labute approximate surface area is 80.9 Å². The van der Waals surface area contributed by atoms with Gasteiger partial charge >= 0.3 is 15.5 Å². The highest BCUT2D eigenvalue weighted by molar-refractivity contribution is 7.90. The van der Waals surface area contributed by atoms with Crippen LogP contribution in [0.2, 0.25) is 0 Å². The first-order chi connectivity index (χ1) is 6.17. The van der Waals surface area contributed by atoms with Gasteiger partial charge < -0.3 is 5.32 Å². The number of sulfonamides is 1. The van der Waals surface area contributed by atoms with E-state index in [1.54, 1.807) is 13.8 Å². The second-order valence-corrected chi connectivity index (χ2v) is 4.71. The Morgan fingerprint density at radius 3 is 2.07 bits per heavy atom. The van der Waals surface area contributed by atoms with Gasteiger partial charge in [0.25, 0.3) is 0 Å². The van der Waals surface area contributed by atoms with E-state index in [0.29, 0.717) is 0 Å². The molecule has 0 rings (SSSR count). The number of hydrogen-bond donors (Lipinski definition) is 2. The predicted molar refractivity (Wildman–Crippen MR) is 46.1 cm³/mol. The van der Waals surface area contributed by atoms with E-state index in [-0.39, 0.29) is 19.1 Å². The zero-order valence-corrected chi connectivity index (χ0v) is 8.67. The van der Waals surface area contributed by atoms with Gasteiger partial charge in [0.2, 0.25) is 0 Å². The summed E-state index contributed by atoms with van der Waals surface area (Å²) in [5, 5.41) is 2.78. The van der Waals surface area contributed by atoms with Crippen LogP contribution in [0.3, 0.4) is 0 Å². The van der Waals surface area contributed by atoms with Crippen LogP contribution in [0.25, 0.3) is 0 Å². The molecule has 0 atom stereocenters. The van der Waals surface area contributed by atoms with Crippen LogP contribution >= 0.6 is 0 Å². The molecule has 4 nitrogen and oxygen atoms in total. The minimum Gasteiger partial charge on any atom is -0.313 e. The van der Waals surface area contributed by atoms with Crippen LogP contribution in [0.1, 0.15) is 13.8 Å². The lowest BCUT2D eigenvalue weighted by Crippen LogP contribution is -2.40. The van der Waals surface area contributed by atoms with E-state index in [2.05, 4.69) is 5.32 Å². The Morgan fingerprint density at radius 1 is 1.21 bits per heavy atom. The largest absolute Gasteiger partial charge is 0.511 e. The Balaban J connectivity index is 3.91. The standard InChI is InChI=1S/C6H13F3N2O2S/c1-5(2)10-3-4-11-14(12,13)6(7,8)9/h5,10-11H,3-4H2,1-2H3. The van der Waals surface area contributed by atoms with Gasteiger partial charge in [-0.15, -0.1) is 0 Å². The van der Waals surface area contributed by atoms with Crippen molar-refractivity contribution < 1.29 is 21.6 Å². The summed E-state index contributed by atoms with van der Waals surface area (Å²) in [6.07, 6.45) is 0. The van der Waals surface area contributed by atoms with Crippen LogP contribution in [0, 0.1) is 0 Å². The van der Waals surface area contributed by atoms with E-state index in [4.69, 9.17) is 0 Å². The van der Waals surface area contributed by atoms with Gasteiger partial charge in [0, 0.05) is 19.1 Å². The molecule has 0 radical (unpaired) electrons. The fourth-order valence-electron chi connectivity index (χ4n) is 0.628. The zero-order chi connectivity index (χ0) is 11.4. The van der Waals surface area contributed by atoms with Crippen molar-refractivity contribution in [1.82, 2.24) is 10.0 Å². The minimum absolute atomic E-state index is 0.102. The van der Waals surface area contributed by atoms with Crippen molar-refractivity contribution in [3.8, 4) is 0 Å². The van der Waals surface area contributed by atoms with Crippen molar-refractivity contribution in [2.24, 2.45) is 0 Å². The molecule has 0 fully saturated rings. The summed E-state index contributed by atoms with van der Waals surface area (Å²) >= 11 is 0. The van der Waals surface area contributed by atoms with E-state index in [1.165, 1.54) is 4.72 Å². The topological polar surface area (TPSA) is 58.2 Å². The van der Waals surface area contributed by atoms with Crippen LogP contribution in [-0.4, -0.2) is 33.1 Å². The lowest BCUT2D eigenvalue weighted by atomic mass is 10.4. The van der Waals surface area contributed by atoms with Crippen molar-refractivity contribution in [1.29, 1.82) is 0 Å². The van der Waals surface area contributed by atoms with Crippen LogP contribution in [0.15, 0.2) is 0 Å². The van der Waals surface area contributed by atoms with Gasteiger partial charge in [-0.1, -0.05) is 13.8 Å². The zero-order valence-electron chi connectivity index (χ0n) is 7.85. The Bertz CT molecular complexity index is 261. The predicted octanol–water partition coefficient (Wildman–Crippen LogP) is 0.424. The van der Waals surface area contributed by atoms with Crippen molar-refractivity contribution in [2.45, 2.75) is 25.4 Å². The van der Waals surface area contributed by atoms with Crippen LogP contribution in [0.4, 0.5) is 13.2 Å². The SMILES string of the molecule is CC(C)NCCNS(=O)(=O)C(F)(F)F. The molecule has 0 bridgehead atoms. The molecule has 0 heterocycles. The molecule has 0 saturated heterocycles. The number of halogens is 3. The average molecular weight is 234 g/mol. The molecular formula is C6H13F3N2O2S. The van der Waals surface area contributed by atoms with Crippen LogP contribution in [-0.2, 0) is 10.0 Å². The molecule has 0 aliphatic rings. The first-order valence-corrected chi connectivity index (χ1v) is 5.44. The van der Waals surface area contributed by atoms with Gasteiger partial charge in [0.15, 0.2) is 0 Å². The van der Waals surface area contributed by atoms with E-state index in [1.807, 2.05) is 0 Å². The second-order valence-electron chi connectivity index (χ2n) is 2.95. The second kappa shape index (κ2) is 4.94. The first-order valence-electron chi connectivity index (χ1n) is 3.96. The van der Waals surface area contributed by atoms with Crippen molar-refractivity contribution >= 4 is 10.0 Å². The maximum atomic E-state index is 11.7. The van der Waals surface area contributed by atoms with E-state index in [9.17, 15) is 21.6 Å². The molecule has 8 heteroatoms. The fourth-order valence-corrected chi connectivity index (χ4v) is 1.16. The minimum atomic E-state index is -5.23. The Hall–Kier alpha value is -0.340. The van der Waals surface area contributed by atoms with Crippen molar-refractivity contribution in [2.75, 3.05) is 13.1 Å². The molecule has 2 N–H and O–H groups in total. The van der Waals surface area contributed by atoms with Gasteiger partial charge in [-0.3, -0.25) is 0 Å². The quantitative estimate of drug-likeness (QED) is 0.678. The summed E-state index contributed by atoms with van der Waals surface area (Å²) in [6, 6.07) is 0.102. The molecule has 0 aliphatic heterocycles. The summed E-state index contributed by atoms with van der Waals surface area (Å²) in [6.45, 7) is 3.49. The van der Waals surface area contributed by atoms with Crippen molar-refractivity contribution in [3.63, 3.8) is 0 Å². The van der Waals surface area contributed by atoms with Gasteiger partial charge in [-0.05, 0) is 0 Å². The van der Waals surface area contributed by atoms with Gasteiger partial charge in [-0.2, -0.15) is 13.2 Å². The smallest absolute Gasteiger partial charge is 0.313 e. The molecule has 14 heavy (non-hydrogen) atoms. The average Bonchev–Trinajstić information content (AvgIpc) is 1.95. The maximum absolute atomic E-state index is 11.7. The number of nitrogens with one attached hydrogen (secondary N) is 2. The summed E-state index contributed by atoms with van der Waals surface area (Å²) in [7, 11) is -5.19. The van der Waals surface area contributed by atoms with Crippen LogP contribution < -0.4 is 10.0 Å².